The molecule has 0 aliphatic heterocycles. The molecule has 0 amide bonds. The van der Waals surface area contributed by atoms with Crippen LogP contribution in [0.25, 0.3) is 20.2 Å². The maximum Gasteiger partial charge on any atom is 0.182 e. The summed E-state index contributed by atoms with van der Waals surface area (Å²) in [5.41, 5.74) is 0. The fourth-order valence-electron chi connectivity index (χ4n) is 1.99. The molecule has 0 atom stereocenters. The second-order valence-electron chi connectivity index (χ2n) is 3.91. The summed E-state index contributed by atoms with van der Waals surface area (Å²) in [5, 5.41) is 10.5. The van der Waals surface area contributed by atoms with Gasteiger partial charge in [-0.05, 0) is 24.3 Å². The van der Waals surface area contributed by atoms with Gasteiger partial charge in [0, 0.05) is 10.8 Å². The van der Waals surface area contributed by atoms with Crippen LogP contribution in [0.2, 0.25) is 0 Å². The van der Waals surface area contributed by atoms with Crippen molar-refractivity contribution in [2.45, 2.75) is 0 Å². The van der Waals surface area contributed by atoms with Crippen molar-refractivity contribution in [3.63, 3.8) is 0 Å². The number of aromatic hydroxyl groups is 1. The van der Waals surface area contributed by atoms with Crippen LogP contribution in [0.4, 0.5) is 8.78 Å². The van der Waals surface area contributed by atoms with Crippen LogP contribution < -0.4 is 4.74 Å². The Morgan fingerprint density at radius 2 is 1.68 bits per heavy atom. The summed E-state index contributed by atoms with van der Waals surface area (Å²) in [6.45, 7) is 0. The molecule has 3 rings (SSSR count). The first kappa shape index (κ1) is 12.5. The molecule has 0 aliphatic carbocycles. The van der Waals surface area contributed by atoms with Crippen molar-refractivity contribution in [1.82, 2.24) is 0 Å². The molecule has 2 aromatic carbocycles. The average molecular weight is 298 g/mol. The molecule has 6 heteroatoms. The Labute approximate surface area is 116 Å². The quantitative estimate of drug-likeness (QED) is 0.545. The molecule has 0 aliphatic rings. The normalized spacial score (nSPS) is 11.3. The van der Waals surface area contributed by atoms with Gasteiger partial charge in [0.25, 0.3) is 0 Å². The molecule has 19 heavy (non-hydrogen) atoms. The second-order valence-corrected chi connectivity index (χ2v) is 5.18. The van der Waals surface area contributed by atoms with Crippen LogP contribution in [0.5, 0.6) is 11.5 Å². The van der Waals surface area contributed by atoms with Crippen molar-refractivity contribution in [3.8, 4) is 11.5 Å². The number of halogens is 2. The van der Waals surface area contributed by atoms with Gasteiger partial charge in [0.1, 0.15) is 5.94 Å². The first-order valence-corrected chi connectivity index (χ1v) is 6.84. The van der Waals surface area contributed by atoms with E-state index in [2.05, 4.69) is 12.6 Å². The van der Waals surface area contributed by atoms with Gasteiger partial charge in [0.15, 0.2) is 23.1 Å². The first-order valence-electron chi connectivity index (χ1n) is 5.39. The van der Waals surface area contributed by atoms with E-state index in [0.29, 0.717) is 15.5 Å². The average Bonchev–Trinajstić information content (AvgIpc) is 2.78. The monoisotopic (exact) mass is 298 g/mol. The van der Waals surface area contributed by atoms with Gasteiger partial charge in [-0.25, -0.2) is 8.78 Å². The Balaban J connectivity index is 2.39. The van der Waals surface area contributed by atoms with Crippen molar-refractivity contribution < 1.29 is 18.6 Å². The van der Waals surface area contributed by atoms with E-state index in [1.807, 2.05) is 0 Å². The van der Waals surface area contributed by atoms with Gasteiger partial charge in [0.2, 0.25) is 0 Å². The van der Waals surface area contributed by atoms with Gasteiger partial charge in [-0.3, -0.25) is 0 Å². The Hall–Kier alpha value is -1.53. The first-order chi connectivity index (χ1) is 9.13. The molecular formula is C13H8F2O2S2. The van der Waals surface area contributed by atoms with E-state index in [1.165, 1.54) is 12.1 Å². The molecule has 0 saturated heterocycles. The van der Waals surface area contributed by atoms with Crippen molar-refractivity contribution >= 4 is 44.1 Å². The number of benzene rings is 2. The zero-order valence-electron chi connectivity index (χ0n) is 9.48. The molecule has 1 aromatic heterocycles. The molecule has 3 aromatic rings. The topological polar surface area (TPSA) is 29.5 Å². The van der Waals surface area contributed by atoms with Gasteiger partial charge < -0.3 is 9.84 Å². The number of fused-ring (bicyclic) bond motifs is 3. The fourth-order valence-corrected chi connectivity index (χ4v) is 3.29. The zero-order valence-corrected chi connectivity index (χ0v) is 11.2. The molecule has 2 nitrogen and oxygen atoms in total. The summed E-state index contributed by atoms with van der Waals surface area (Å²) in [5.74, 6) is -1.56. The third kappa shape index (κ3) is 1.82. The van der Waals surface area contributed by atoms with Crippen LogP contribution in [0.3, 0.4) is 0 Å². The molecule has 1 heterocycles. The minimum atomic E-state index is -0.727. The van der Waals surface area contributed by atoms with E-state index in [-0.39, 0.29) is 16.4 Å². The Morgan fingerprint density at radius 1 is 1.05 bits per heavy atom. The lowest BCUT2D eigenvalue weighted by molar-refractivity contribution is 0.372. The summed E-state index contributed by atoms with van der Waals surface area (Å²) >= 11 is 4.83. The van der Waals surface area contributed by atoms with E-state index < -0.39 is 17.4 Å². The minimum absolute atomic E-state index is 0.0580. The molecule has 98 valence electrons. The van der Waals surface area contributed by atoms with Crippen LogP contribution >= 0.6 is 24.0 Å². The molecule has 1 N–H and O–H groups in total. The highest BCUT2D eigenvalue weighted by molar-refractivity contribution is 7.80. The van der Waals surface area contributed by atoms with Crippen molar-refractivity contribution in [3.05, 3.63) is 35.9 Å². The van der Waals surface area contributed by atoms with E-state index in [1.54, 1.807) is 12.1 Å². The molecule has 0 unspecified atom stereocenters. The van der Waals surface area contributed by atoms with Crippen LogP contribution in [0.1, 0.15) is 0 Å². The van der Waals surface area contributed by atoms with E-state index in [4.69, 9.17) is 4.74 Å². The summed E-state index contributed by atoms with van der Waals surface area (Å²) in [6.07, 6.45) is 0. The number of thiophene rings is 1. The molecule has 0 spiro atoms. The highest BCUT2D eigenvalue weighted by Crippen LogP contribution is 2.41. The summed E-state index contributed by atoms with van der Waals surface area (Å²) in [7, 11) is 0. The molecule has 0 bridgehead atoms. The Morgan fingerprint density at radius 3 is 2.37 bits per heavy atom. The Bertz CT molecular complexity index is 783. The van der Waals surface area contributed by atoms with Crippen molar-refractivity contribution in [2.24, 2.45) is 0 Å². The molecule has 0 radical (unpaired) electrons. The molecular weight excluding hydrogens is 290 g/mol. The summed E-state index contributed by atoms with van der Waals surface area (Å²) < 4.78 is 33.6. The van der Waals surface area contributed by atoms with Crippen LogP contribution in [-0.2, 0) is 0 Å². The maximum absolute atomic E-state index is 14.2. The standard InChI is InChI=1S/C13H8F2O2S2/c14-10-8(16)3-1-6-7-2-4-9(17-5-18)11(15)13(7)19-12(6)10/h1-4,16,18H,5H2. The predicted molar refractivity (Wildman–Crippen MR) is 75.4 cm³/mol. The highest BCUT2D eigenvalue weighted by Gasteiger charge is 2.17. The maximum atomic E-state index is 14.2. The third-order valence-corrected chi connectivity index (χ3v) is 4.19. The molecule has 0 saturated carbocycles. The van der Waals surface area contributed by atoms with Gasteiger partial charge >= 0.3 is 0 Å². The second kappa shape index (κ2) is 4.54. The zero-order chi connectivity index (χ0) is 13.6. The third-order valence-electron chi connectivity index (χ3n) is 2.85. The van der Waals surface area contributed by atoms with E-state index in [0.717, 1.165) is 11.3 Å². The largest absolute Gasteiger partial charge is 0.505 e. The lowest BCUT2D eigenvalue weighted by Crippen LogP contribution is -1.92. The summed E-state index contributed by atoms with van der Waals surface area (Å²) in [6, 6.07) is 6.00. The van der Waals surface area contributed by atoms with E-state index >= 15 is 0 Å². The van der Waals surface area contributed by atoms with Gasteiger partial charge in [-0.1, -0.05) is 0 Å². The lowest BCUT2D eigenvalue weighted by Gasteiger charge is -2.03. The number of phenolic OH excluding ortho intramolecular Hbond substituents is 1. The van der Waals surface area contributed by atoms with Gasteiger partial charge in [0.05, 0.1) is 9.40 Å². The van der Waals surface area contributed by atoms with E-state index in [9.17, 15) is 13.9 Å². The van der Waals surface area contributed by atoms with Crippen molar-refractivity contribution in [1.29, 1.82) is 0 Å². The van der Waals surface area contributed by atoms with Gasteiger partial charge in [-0.15, -0.1) is 24.0 Å². The fraction of sp³-hybridized carbons (Fsp3) is 0.0769. The number of hydrogen-bond donors (Lipinski definition) is 2. The number of phenols is 1. The van der Waals surface area contributed by atoms with Crippen LogP contribution in [0, 0.1) is 11.6 Å². The predicted octanol–water partition coefficient (Wildman–Crippen LogP) is 4.30. The Kier molecular flexibility index (Phi) is 2.99. The number of thiol groups is 1. The summed E-state index contributed by atoms with van der Waals surface area (Å²) in [4.78, 5) is 0. The lowest BCUT2D eigenvalue weighted by atomic mass is 10.1. The highest BCUT2D eigenvalue weighted by atomic mass is 32.1. The minimum Gasteiger partial charge on any atom is -0.505 e. The van der Waals surface area contributed by atoms with Crippen molar-refractivity contribution in [2.75, 3.05) is 5.94 Å². The number of ether oxygens (including phenoxy) is 1. The molecule has 0 fully saturated rings. The number of hydrogen-bond acceptors (Lipinski definition) is 4. The number of rotatable bonds is 2. The van der Waals surface area contributed by atoms with Gasteiger partial charge in [-0.2, -0.15) is 0 Å². The van der Waals surface area contributed by atoms with Crippen LogP contribution in [-0.4, -0.2) is 11.0 Å². The smallest absolute Gasteiger partial charge is 0.182 e. The SMILES string of the molecule is Oc1ccc2c(sc3c(F)c(OCS)ccc32)c1F. The van der Waals surface area contributed by atoms with Crippen LogP contribution in [0.15, 0.2) is 24.3 Å².